The first-order chi connectivity index (χ1) is 11.9. The smallest absolute Gasteiger partial charge is 0.226 e. The quantitative estimate of drug-likeness (QED) is 0.908. The highest BCUT2D eigenvalue weighted by Gasteiger charge is 2.16. The van der Waals surface area contributed by atoms with Crippen molar-refractivity contribution in [1.82, 2.24) is 0 Å². The molecule has 0 spiro atoms. The summed E-state index contributed by atoms with van der Waals surface area (Å²) < 4.78 is 0. The Morgan fingerprint density at radius 1 is 1.16 bits per heavy atom. The Hall–Kier alpha value is -3.13. The first kappa shape index (κ1) is 18.2. The number of rotatable bonds is 5. The summed E-state index contributed by atoms with van der Waals surface area (Å²) in [6.07, 6.45) is 0.145. The third kappa shape index (κ3) is 4.67. The largest absolute Gasteiger partial charge is 0.326 e. The van der Waals surface area contributed by atoms with Gasteiger partial charge in [0.15, 0.2) is 0 Å². The van der Waals surface area contributed by atoms with Crippen molar-refractivity contribution in [3.8, 4) is 6.07 Å². The maximum atomic E-state index is 12.2. The Bertz CT molecular complexity index is 837. The van der Waals surface area contributed by atoms with Gasteiger partial charge in [-0.2, -0.15) is 5.26 Å². The Balaban J connectivity index is 2.07. The molecule has 2 amide bonds. The average molecular weight is 335 g/mol. The second-order valence-corrected chi connectivity index (χ2v) is 5.92. The fraction of sp³-hybridized carbons (Fsp3) is 0.250. The molecule has 25 heavy (non-hydrogen) atoms. The Morgan fingerprint density at radius 2 is 1.88 bits per heavy atom. The third-order valence-electron chi connectivity index (χ3n) is 3.91. The lowest BCUT2D eigenvalue weighted by Gasteiger charge is -2.22. The molecule has 5 heteroatoms. The number of hydrogen-bond donors (Lipinski definition) is 1. The molecule has 0 aromatic heterocycles. The van der Waals surface area contributed by atoms with Crippen LogP contribution in [0.4, 0.5) is 11.4 Å². The van der Waals surface area contributed by atoms with E-state index in [9.17, 15) is 14.9 Å². The average Bonchev–Trinajstić information content (AvgIpc) is 2.57. The molecule has 2 rings (SSSR count). The van der Waals surface area contributed by atoms with Crippen LogP contribution in [0.2, 0.25) is 0 Å². The van der Waals surface area contributed by atoms with Crippen molar-refractivity contribution in [2.75, 3.05) is 16.8 Å². The van der Waals surface area contributed by atoms with Crippen molar-refractivity contribution < 1.29 is 9.59 Å². The van der Waals surface area contributed by atoms with E-state index in [1.165, 1.54) is 11.8 Å². The molecule has 5 nitrogen and oxygen atoms in total. The van der Waals surface area contributed by atoms with Gasteiger partial charge in [-0.05, 0) is 37.6 Å². The minimum atomic E-state index is -0.206. The van der Waals surface area contributed by atoms with E-state index in [0.29, 0.717) is 11.3 Å². The summed E-state index contributed by atoms with van der Waals surface area (Å²) in [5.74, 6) is -0.380. The van der Waals surface area contributed by atoms with Gasteiger partial charge in [0, 0.05) is 25.6 Å². The molecule has 0 heterocycles. The molecule has 0 unspecified atom stereocenters. The van der Waals surface area contributed by atoms with Crippen molar-refractivity contribution in [3.63, 3.8) is 0 Å². The molecule has 0 aliphatic heterocycles. The van der Waals surface area contributed by atoms with E-state index in [0.717, 1.165) is 16.8 Å². The van der Waals surface area contributed by atoms with E-state index in [1.807, 2.05) is 32.0 Å². The summed E-state index contributed by atoms with van der Waals surface area (Å²) in [5, 5.41) is 12.1. The number of anilines is 2. The van der Waals surface area contributed by atoms with Crippen LogP contribution in [0, 0.1) is 25.2 Å². The maximum Gasteiger partial charge on any atom is 0.226 e. The van der Waals surface area contributed by atoms with Crippen LogP contribution < -0.4 is 10.2 Å². The van der Waals surface area contributed by atoms with Gasteiger partial charge in [0.1, 0.15) is 6.07 Å². The van der Waals surface area contributed by atoms with Crippen LogP contribution in [0.1, 0.15) is 30.0 Å². The van der Waals surface area contributed by atoms with Crippen LogP contribution in [0.3, 0.4) is 0 Å². The highest BCUT2D eigenvalue weighted by Crippen LogP contribution is 2.21. The lowest BCUT2D eigenvalue weighted by atomic mass is 10.1. The fourth-order valence-corrected chi connectivity index (χ4v) is 2.63. The SMILES string of the molecule is CC(=O)N(CCC(=O)Nc1ccc(C)cc1C)c1ccccc1C#N. The number of benzene rings is 2. The van der Waals surface area contributed by atoms with E-state index < -0.39 is 0 Å². The van der Waals surface area contributed by atoms with Crippen molar-refractivity contribution in [3.05, 3.63) is 59.2 Å². The topological polar surface area (TPSA) is 73.2 Å². The predicted octanol–water partition coefficient (Wildman–Crippen LogP) is 3.56. The van der Waals surface area contributed by atoms with Gasteiger partial charge in [-0.15, -0.1) is 0 Å². The molecule has 2 aromatic rings. The van der Waals surface area contributed by atoms with Crippen LogP contribution in [0.5, 0.6) is 0 Å². The molecular weight excluding hydrogens is 314 g/mol. The highest BCUT2D eigenvalue weighted by atomic mass is 16.2. The molecule has 1 N–H and O–H groups in total. The Morgan fingerprint density at radius 3 is 2.52 bits per heavy atom. The number of nitriles is 1. The fourth-order valence-electron chi connectivity index (χ4n) is 2.63. The molecule has 0 aliphatic rings. The summed E-state index contributed by atoms with van der Waals surface area (Å²) in [5.41, 5.74) is 3.82. The van der Waals surface area contributed by atoms with E-state index >= 15 is 0 Å². The molecule has 0 saturated heterocycles. The Kier molecular flexibility index (Phi) is 5.91. The number of hydrogen-bond acceptors (Lipinski definition) is 3. The zero-order valence-electron chi connectivity index (χ0n) is 14.7. The van der Waals surface area contributed by atoms with Gasteiger partial charge in [0.25, 0.3) is 0 Å². The number of aryl methyl sites for hydroxylation is 2. The second kappa shape index (κ2) is 8.11. The van der Waals surface area contributed by atoms with Gasteiger partial charge in [-0.3, -0.25) is 9.59 Å². The number of para-hydroxylation sites is 1. The summed E-state index contributed by atoms with van der Waals surface area (Å²) >= 11 is 0. The van der Waals surface area contributed by atoms with Gasteiger partial charge in [-0.1, -0.05) is 29.8 Å². The van der Waals surface area contributed by atoms with Crippen LogP contribution >= 0.6 is 0 Å². The zero-order valence-corrected chi connectivity index (χ0v) is 14.7. The van der Waals surface area contributed by atoms with E-state index in [-0.39, 0.29) is 24.8 Å². The number of nitrogens with one attached hydrogen (secondary N) is 1. The summed E-state index contributed by atoms with van der Waals surface area (Å²) in [7, 11) is 0. The highest BCUT2D eigenvalue weighted by molar-refractivity contribution is 5.95. The van der Waals surface area contributed by atoms with Crippen molar-refractivity contribution in [2.24, 2.45) is 0 Å². The van der Waals surface area contributed by atoms with E-state index in [1.54, 1.807) is 24.3 Å². The van der Waals surface area contributed by atoms with Gasteiger partial charge < -0.3 is 10.2 Å². The first-order valence-electron chi connectivity index (χ1n) is 8.06. The molecule has 2 aromatic carbocycles. The predicted molar refractivity (Wildman–Crippen MR) is 98.3 cm³/mol. The summed E-state index contributed by atoms with van der Waals surface area (Å²) in [4.78, 5) is 25.7. The first-order valence-corrected chi connectivity index (χ1v) is 8.06. The van der Waals surface area contributed by atoms with Crippen molar-refractivity contribution in [1.29, 1.82) is 5.26 Å². The van der Waals surface area contributed by atoms with Gasteiger partial charge in [-0.25, -0.2) is 0 Å². The summed E-state index contributed by atoms with van der Waals surface area (Å²) in [6, 6.07) is 14.8. The minimum Gasteiger partial charge on any atom is -0.326 e. The molecular formula is C20H21N3O2. The molecule has 0 fully saturated rings. The molecule has 0 aliphatic carbocycles. The van der Waals surface area contributed by atoms with E-state index in [2.05, 4.69) is 11.4 Å². The molecule has 128 valence electrons. The number of carbonyl (C=O) groups excluding carboxylic acids is 2. The number of nitrogens with zero attached hydrogens (tertiary/aromatic N) is 2. The standard InChI is InChI=1S/C20H21N3O2/c1-14-8-9-18(15(2)12-14)22-20(25)10-11-23(16(3)24)19-7-5-4-6-17(19)13-21/h4-9,12H,10-11H2,1-3H3,(H,22,25). The monoisotopic (exact) mass is 335 g/mol. The lowest BCUT2D eigenvalue weighted by Crippen LogP contribution is -2.32. The molecule has 0 saturated carbocycles. The molecule has 0 bridgehead atoms. The van der Waals surface area contributed by atoms with Crippen LogP contribution in [-0.4, -0.2) is 18.4 Å². The van der Waals surface area contributed by atoms with Crippen LogP contribution in [-0.2, 0) is 9.59 Å². The molecule has 0 atom stereocenters. The van der Waals surface area contributed by atoms with Gasteiger partial charge >= 0.3 is 0 Å². The number of amides is 2. The third-order valence-corrected chi connectivity index (χ3v) is 3.91. The molecule has 0 radical (unpaired) electrons. The second-order valence-electron chi connectivity index (χ2n) is 5.92. The van der Waals surface area contributed by atoms with Gasteiger partial charge in [0.2, 0.25) is 11.8 Å². The Labute approximate surface area is 147 Å². The van der Waals surface area contributed by atoms with Crippen molar-refractivity contribution in [2.45, 2.75) is 27.2 Å². The van der Waals surface area contributed by atoms with Crippen LogP contribution in [0.15, 0.2) is 42.5 Å². The number of carbonyl (C=O) groups is 2. The summed E-state index contributed by atoms with van der Waals surface area (Å²) in [6.45, 7) is 5.57. The normalized spacial score (nSPS) is 10.0. The minimum absolute atomic E-state index is 0.145. The zero-order chi connectivity index (χ0) is 18.4. The van der Waals surface area contributed by atoms with Gasteiger partial charge in [0.05, 0.1) is 11.3 Å². The lowest BCUT2D eigenvalue weighted by molar-refractivity contribution is -0.117. The van der Waals surface area contributed by atoms with Crippen molar-refractivity contribution >= 4 is 23.2 Å². The van der Waals surface area contributed by atoms with E-state index in [4.69, 9.17) is 0 Å². The maximum absolute atomic E-state index is 12.2. The van der Waals surface area contributed by atoms with Crippen LogP contribution in [0.25, 0.3) is 0 Å².